The van der Waals surface area contributed by atoms with E-state index in [1.165, 1.54) is 32.1 Å². The van der Waals surface area contributed by atoms with Gasteiger partial charge in [-0.2, -0.15) is 0 Å². The second kappa shape index (κ2) is 4.13. The van der Waals surface area contributed by atoms with Gasteiger partial charge in [-0.15, -0.1) is 0 Å². The van der Waals surface area contributed by atoms with Gasteiger partial charge < -0.3 is 0 Å². The van der Waals surface area contributed by atoms with E-state index in [1.807, 2.05) is 0 Å². The second-order valence-corrected chi connectivity index (χ2v) is 4.43. The molecule has 11 heavy (non-hydrogen) atoms. The predicted molar refractivity (Wildman–Crippen MR) is 50.6 cm³/mol. The van der Waals surface area contributed by atoms with Gasteiger partial charge in [-0.05, 0) is 30.6 Å². The average molecular weight is 154 g/mol. The van der Waals surface area contributed by atoms with Crippen LogP contribution < -0.4 is 0 Å². The molecule has 0 saturated heterocycles. The lowest BCUT2D eigenvalue weighted by Crippen LogP contribution is -1.95. The highest BCUT2D eigenvalue weighted by Gasteiger charge is 2.26. The largest absolute Gasteiger partial charge is 0.0654 e. The standard InChI is InChI=1S/C11H22/c1-4-5-6-11-7-9(2)10(3)8-11/h9-11H,4-8H2,1-3H3. The topological polar surface area (TPSA) is 0 Å². The minimum atomic E-state index is 0.997. The van der Waals surface area contributed by atoms with Gasteiger partial charge in [-0.1, -0.05) is 40.0 Å². The van der Waals surface area contributed by atoms with E-state index in [4.69, 9.17) is 0 Å². The van der Waals surface area contributed by atoms with Crippen molar-refractivity contribution in [3.8, 4) is 0 Å². The molecule has 1 aliphatic rings. The van der Waals surface area contributed by atoms with Crippen LogP contribution in [0, 0.1) is 17.8 Å². The van der Waals surface area contributed by atoms with Crippen molar-refractivity contribution in [2.24, 2.45) is 17.8 Å². The van der Waals surface area contributed by atoms with Crippen LogP contribution >= 0.6 is 0 Å². The van der Waals surface area contributed by atoms with Gasteiger partial charge in [0, 0.05) is 0 Å². The molecule has 2 atom stereocenters. The van der Waals surface area contributed by atoms with Crippen LogP contribution in [0.25, 0.3) is 0 Å². The van der Waals surface area contributed by atoms with E-state index >= 15 is 0 Å². The van der Waals surface area contributed by atoms with Crippen LogP contribution in [0.2, 0.25) is 0 Å². The molecule has 1 saturated carbocycles. The van der Waals surface area contributed by atoms with Crippen molar-refractivity contribution >= 4 is 0 Å². The van der Waals surface area contributed by atoms with Crippen molar-refractivity contribution in [3.63, 3.8) is 0 Å². The molecule has 0 heteroatoms. The van der Waals surface area contributed by atoms with Gasteiger partial charge in [0.25, 0.3) is 0 Å². The molecular weight excluding hydrogens is 132 g/mol. The summed E-state index contributed by atoms with van der Waals surface area (Å²) in [6.45, 7) is 7.12. The van der Waals surface area contributed by atoms with E-state index in [-0.39, 0.29) is 0 Å². The maximum Gasteiger partial charge on any atom is -0.0409 e. The fourth-order valence-electron chi connectivity index (χ4n) is 2.34. The average Bonchev–Trinajstić information content (AvgIpc) is 2.28. The fourth-order valence-corrected chi connectivity index (χ4v) is 2.34. The summed E-state index contributed by atoms with van der Waals surface area (Å²) >= 11 is 0. The third-order valence-corrected chi connectivity index (χ3v) is 3.35. The van der Waals surface area contributed by atoms with Crippen LogP contribution in [0.15, 0.2) is 0 Å². The quantitative estimate of drug-likeness (QED) is 0.579. The third-order valence-electron chi connectivity index (χ3n) is 3.35. The van der Waals surface area contributed by atoms with Crippen LogP contribution in [0.5, 0.6) is 0 Å². The Morgan fingerprint density at radius 3 is 2.09 bits per heavy atom. The number of rotatable bonds is 3. The first-order chi connectivity index (χ1) is 5.24. The molecule has 0 heterocycles. The van der Waals surface area contributed by atoms with E-state index < -0.39 is 0 Å². The zero-order chi connectivity index (χ0) is 8.27. The van der Waals surface area contributed by atoms with Crippen molar-refractivity contribution < 1.29 is 0 Å². The third kappa shape index (κ3) is 2.50. The summed E-state index contributed by atoms with van der Waals surface area (Å²) in [5.74, 6) is 3.06. The molecule has 0 bridgehead atoms. The maximum absolute atomic E-state index is 2.41. The van der Waals surface area contributed by atoms with Gasteiger partial charge in [0.05, 0.1) is 0 Å². The predicted octanol–water partition coefficient (Wildman–Crippen LogP) is 3.86. The lowest BCUT2D eigenvalue weighted by atomic mass is 10.00. The Balaban J connectivity index is 2.18. The van der Waals surface area contributed by atoms with Crippen molar-refractivity contribution in [3.05, 3.63) is 0 Å². The van der Waals surface area contributed by atoms with Gasteiger partial charge in [0.15, 0.2) is 0 Å². The van der Waals surface area contributed by atoms with Gasteiger partial charge >= 0.3 is 0 Å². The van der Waals surface area contributed by atoms with E-state index in [1.54, 1.807) is 0 Å². The first-order valence-corrected chi connectivity index (χ1v) is 5.24. The highest BCUT2D eigenvalue weighted by molar-refractivity contribution is 4.77. The molecule has 0 nitrogen and oxygen atoms in total. The Morgan fingerprint density at radius 1 is 1.09 bits per heavy atom. The van der Waals surface area contributed by atoms with E-state index in [9.17, 15) is 0 Å². The number of unbranched alkanes of at least 4 members (excludes halogenated alkanes) is 1. The first kappa shape index (κ1) is 9.09. The van der Waals surface area contributed by atoms with Crippen LogP contribution in [-0.4, -0.2) is 0 Å². The Bertz CT molecular complexity index is 96.6. The molecule has 66 valence electrons. The maximum atomic E-state index is 2.41. The lowest BCUT2D eigenvalue weighted by molar-refractivity contribution is 0.457. The van der Waals surface area contributed by atoms with Gasteiger partial charge in [0.2, 0.25) is 0 Å². The highest BCUT2D eigenvalue weighted by atomic mass is 14.3. The molecule has 0 radical (unpaired) electrons. The molecule has 1 fully saturated rings. The smallest absolute Gasteiger partial charge is 0.0409 e. The van der Waals surface area contributed by atoms with Crippen LogP contribution in [-0.2, 0) is 0 Å². The van der Waals surface area contributed by atoms with E-state index in [0.29, 0.717) is 0 Å². The molecule has 0 N–H and O–H groups in total. The summed E-state index contributed by atoms with van der Waals surface area (Å²) in [5.41, 5.74) is 0. The SMILES string of the molecule is CCCCC1CC(C)C(C)C1. The second-order valence-electron chi connectivity index (χ2n) is 4.43. The first-order valence-electron chi connectivity index (χ1n) is 5.24. The molecule has 0 amide bonds. The Kier molecular flexibility index (Phi) is 3.42. The van der Waals surface area contributed by atoms with E-state index in [0.717, 1.165) is 17.8 Å². The van der Waals surface area contributed by atoms with Crippen LogP contribution in [0.3, 0.4) is 0 Å². The summed E-state index contributed by atoms with van der Waals surface area (Å²) in [7, 11) is 0. The molecule has 1 aliphatic carbocycles. The Morgan fingerprint density at radius 2 is 1.64 bits per heavy atom. The summed E-state index contributed by atoms with van der Waals surface area (Å²) in [6.07, 6.45) is 7.32. The summed E-state index contributed by atoms with van der Waals surface area (Å²) in [5, 5.41) is 0. The van der Waals surface area contributed by atoms with Gasteiger partial charge in [-0.3, -0.25) is 0 Å². The van der Waals surface area contributed by atoms with Crippen LogP contribution in [0.4, 0.5) is 0 Å². The minimum absolute atomic E-state index is 0.997. The summed E-state index contributed by atoms with van der Waals surface area (Å²) in [4.78, 5) is 0. The molecule has 0 spiro atoms. The lowest BCUT2D eigenvalue weighted by Gasteiger charge is -2.06. The molecular formula is C11H22. The van der Waals surface area contributed by atoms with Crippen molar-refractivity contribution in [1.29, 1.82) is 0 Å². The molecule has 0 aromatic carbocycles. The van der Waals surface area contributed by atoms with Crippen LogP contribution in [0.1, 0.15) is 52.9 Å². The number of hydrogen-bond donors (Lipinski definition) is 0. The van der Waals surface area contributed by atoms with Gasteiger partial charge in [0.1, 0.15) is 0 Å². The summed E-state index contributed by atoms with van der Waals surface area (Å²) in [6, 6.07) is 0. The van der Waals surface area contributed by atoms with E-state index in [2.05, 4.69) is 20.8 Å². The molecule has 0 aromatic heterocycles. The van der Waals surface area contributed by atoms with Crippen molar-refractivity contribution in [1.82, 2.24) is 0 Å². The zero-order valence-corrected chi connectivity index (χ0v) is 8.27. The minimum Gasteiger partial charge on any atom is -0.0654 e. The number of hydrogen-bond acceptors (Lipinski definition) is 0. The zero-order valence-electron chi connectivity index (χ0n) is 8.27. The summed E-state index contributed by atoms with van der Waals surface area (Å²) < 4.78 is 0. The molecule has 0 aliphatic heterocycles. The monoisotopic (exact) mass is 154 g/mol. The molecule has 2 unspecified atom stereocenters. The highest BCUT2D eigenvalue weighted by Crippen LogP contribution is 2.38. The van der Waals surface area contributed by atoms with Gasteiger partial charge in [-0.25, -0.2) is 0 Å². The Hall–Kier alpha value is 0. The molecule has 0 aromatic rings. The Labute approximate surface area is 71.4 Å². The van der Waals surface area contributed by atoms with Crippen molar-refractivity contribution in [2.75, 3.05) is 0 Å². The molecule has 1 rings (SSSR count). The fraction of sp³-hybridized carbons (Fsp3) is 1.00. The normalized spacial score (nSPS) is 37.9. The van der Waals surface area contributed by atoms with Crippen molar-refractivity contribution in [2.45, 2.75) is 52.9 Å².